The molecular formula is C25H35FN4O5S. The smallest absolute Gasteiger partial charge is 0.318 e. The Balaban J connectivity index is 1.62. The number of ether oxygens (including phenoxy) is 2. The highest BCUT2D eigenvalue weighted by Gasteiger charge is 2.29. The van der Waals surface area contributed by atoms with Crippen LogP contribution < -0.4 is 5.32 Å². The Hall–Kier alpha value is -2.50. The summed E-state index contributed by atoms with van der Waals surface area (Å²) in [5, 5.41) is 2.86. The lowest BCUT2D eigenvalue weighted by atomic mass is 10.2. The Bertz CT molecular complexity index is 1120. The number of urea groups is 1. The quantitative estimate of drug-likeness (QED) is 0.514. The van der Waals surface area contributed by atoms with Crippen molar-refractivity contribution in [2.75, 3.05) is 19.8 Å². The molecule has 3 heterocycles. The Morgan fingerprint density at radius 2 is 1.83 bits per heavy atom. The van der Waals surface area contributed by atoms with Gasteiger partial charge in [-0.1, -0.05) is 12.1 Å². The van der Waals surface area contributed by atoms with Crippen LogP contribution in [-0.4, -0.2) is 66.9 Å². The Kier molecular flexibility index (Phi) is 8.63. The Morgan fingerprint density at radius 3 is 2.44 bits per heavy atom. The number of carbonyl (C=O) groups is 1. The molecule has 1 N–H and O–H groups in total. The molecule has 198 valence electrons. The Morgan fingerprint density at radius 1 is 1.17 bits per heavy atom. The molecular weight excluding hydrogens is 487 g/mol. The first-order valence-electron chi connectivity index (χ1n) is 12.5. The van der Waals surface area contributed by atoms with Gasteiger partial charge in [0.25, 0.3) is 0 Å². The molecule has 2 aliphatic heterocycles. The van der Waals surface area contributed by atoms with E-state index in [1.165, 1.54) is 30.5 Å². The van der Waals surface area contributed by atoms with Crippen molar-refractivity contribution in [3.05, 3.63) is 47.5 Å². The highest BCUT2D eigenvalue weighted by Crippen LogP contribution is 2.23. The van der Waals surface area contributed by atoms with Gasteiger partial charge in [0.2, 0.25) is 15.0 Å². The molecule has 36 heavy (non-hydrogen) atoms. The first-order valence-corrected chi connectivity index (χ1v) is 14.2. The summed E-state index contributed by atoms with van der Waals surface area (Å²) in [4.78, 5) is 19.0. The second-order valence-electron chi connectivity index (χ2n) is 9.78. The maximum Gasteiger partial charge on any atom is 0.318 e. The number of carbonyl (C=O) groups excluding carboxylic acids is 1. The topological polar surface area (TPSA) is 103 Å². The third-order valence-electron chi connectivity index (χ3n) is 6.36. The number of nitrogens with one attached hydrogen (secondary N) is 1. The number of imidazole rings is 1. The van der Waals surface area contributed by atoms with Crippen molar-refractivity contribution >= 4 is 15.9 Å². The molecule has 4 rings (SSSR count). The van der Waals surface area contributed by atoms with Crippen molar-refractivity contribution in [2.24, 2.45) is 0 Å². The van der Waals surface area contributed by atoms with Crippen LogP contribution in [-0.2, 0) is 38.2 Å². The maximum atomic E-state index is 13.4. The maximum absolute atomic E-state index is 13.4. The minimum Gasteiger partial charge on any atom is -0.376 e. The first kappa shape index (κ1) is 26.6. The van der Waals surface area contributed by atoms with Gasteiger partial charge in [-0.15, -0.1) is 0 Å². The lowest BCUT2D eigenvalue weighted by Crippen LogP contribution is -2.46. The van der Waals surface area contributed by atoms with Gasteiger partial charge in [0, 0.05) is 25.8 Å². The van der Waals surface area contributed by atoms with Crippen molar-refractivity contribution in [3.63, 3.8) is 0 Å². The summed E-state index contributed by atoms with van der Waals surface area (Å²) in [6.07, 6.45) is 4.90. The van der Waals surface area contributed by atoms with Gasteiger partial charge in [-0.05, 0) is 57.2 Å². The number of rotatable bonds is 10. The number of amides is 2. The molecule has 0 bridgehead atoms. The van der Waals surface area contributed by atoms with Gasteiger partial charge >= 0.3 is 6.03 Å². The lowest BCUT2D eigenvalue weighted by molar-refractivity contribution is 0.0768. The van der Waals surface area contributed by atoms with Crippen molar-refractivity contribution in [1.82, 2.24) is 19.8 Å². The summed E-state index contributed by atoms with van der Waals surface area (Å²) in [5.41, 5.74) is 1.08. The fraction of sp³-hybridized carbons (Fsp3) is 0.600. The summed E-state index contributed by atoms with van der Waals surface area (Å²) in [7, 11) is -3.84. The average Bonchev–Trinajstić information content (AvgIpc) is 3.58. The number of hydrogen-bond acceptors (Lipinski definition) is 6. The van der Waals surface area contributed by atoms with Crippen molar-refractivity contribution in [3.8, 4) is 0 Å². The molecule has 1 aromatic carbocycles. The summed E-state index contributed by atoms with van der Waals surface area (Å²) in [6.45, 7) is 6.01. The third kappa shape index (κ3) is 6.83. The molecule has 0 radical (unpaired) electrons. The van der Waals surface area contributed by atoms with Crippen LogP contribution in [0.5, 0.6) is 0 Å². The molecule has 9 nitrogen and oxygen atoms in total. The minimum absolute atomic E-state index is 0.0482. The number of sulfone groups is 1. The molecule has 2 amide bonds. The zero-order chi connectivity index (χ0) is 25.7. The van der Waals surface area contributed by atoms with E-state index in [2.05, 4.69) is 10.3 Å². The number of halogens is 1. The fourth-order valence-corrected chi connectivity index (χ4v) is 6.11. The third-order valence-corrected chi connectivity index (χ3v) is 7.96. The van der Waals surface area contributed by atoms with E-state index in [0.717, 1.165) is 25.7 Å². The van der Waals surface area contributed by atoms with Gasteiger partial charge in [0.1, 0.15) is 5.82 Å². The van der Waals surface area contributed by atoms with Crippen molar-refractivity contribution < 1.29 is 27.1 Å². The second kappa shape index (κ2) is 11.7. The molecule has 2 atom stereocenters. The van der Waals surface area contributed by atoms with E-state index in [9.17, 15) is 17.6 Å². The van der Waals surface area contributed by atoms with Gasteiger partial charge in [0.15, 0.2) is 0 Å². The summed E-state index contributed by atoms with van der Waals surface area (Å²) >= 11 is 0. The van der Waals surface area contributed by atoms with Crippen molar-refractivity contribution in [2.45, 2.75) is 81.8 Å². The molecule has 1 aromatic heterocycles. The Labute approximate surface area is 211 Å². The molecule has 0 unspecified atom stereocenters. The number of benzene rings is 1. The van der Waals surface area contributed by atoms with Crippen LogP contribution in [0.1, 0.15) is 50.8 Å². The predicted octanol–water partition coefficient (Wildman–Crippen LogP) is 3.27. The van der Waals surface area contributed by atoms with Crippen LogP contribution in [0.25, 0.3) is 0 Å². The lowest BCUT2D eigenvalue weighted by Gasteiger charge is -2.27. The first-order chi connectivity index (χ1) is 17.2. The molecule has 2 fully saturated rings. The van der Waals surface area contributed by atoms with E-state index in [4.69, 9.17) is 9.47 Å². The van der Waals surface area contributed by atoms with Crippen molar-refractivity contribution in [1.29, 1.82) is 0 Å². The van der Waals surface area contributed by atoms with Crippen LogP contribution in [0.4, 0.5) is 9.18 Å². The minimum atomic E-state index is -3.84. The highest BCUT2D eigenvalue weighted by molar-refractivity contribution is 7.90. The fourth-order valence-electron chi connectivity index (χ4n) is 4.61. The zero-order valence-electron chi connectivity index (χ0n) is 20.9. The van der Waals surface area contributed by atoms with E-state index >= 15 is 0 Å². The van der Waals surface area contributed by atoms with E-state index in [1.807, 2.05) is 13.8 Å². The van der Waals surface area contributed by atoms with Gasteiger partial charge in [-0.25, -0.2) is 22.6 Å². The van der Waals surface area contributed by atoms with Crippen LogP contribution in [0, 0.1) is 5.82 Å². The normalized spacial score (nSPS) is 20.2. The molecule has 11 heteroatoms. The standard InChI is InChI=1S/C25H35FN4O5S/c1-18(2)28-24(31)29(15-22-5-3-11-34-22)14-21-13-27-25(30(21)16-23-6-4-12-35-23)36(32,33)17-19-7-9-20(26)10-8-19/h7-10,13,18,22-23H,3-6,11-12,14-17H2,1-2H3,(H,28,31)/t22-,23-/m1/s1. The molecule has 0 spiro atoms. The number of nitrogens with zero attached hydrogens (tertiary/aromatic N) is 3. The number of aromatic nitrogens is 2. The second-order valence-corrected chi connectivity index (χ2v) is 11.7. The zero-order valence-corrected chi connectivity index (χ0v) is 21.7. The molecule has 2 aromatic rings. The average molecular weight is 523 g/mol. The largest absolute Gasteiger partial charge is 0.376 e. The van der Waals surface area contributed by atoms with Gasteiger partial charge in [0.05, 0.1) is 42.9 Å². The SMILES string of the molecule is CC(C)NC(=O)N(Cc1cnc(S(=O)(=O)Cc2ccc(F)cc2)n1C[C@H]1CCCO1)C[C@H]1CCCO1. The molecule has 0 saturated carbocycles. The predicted molar refractivity (Wildman–Crippen MR) is 132 cm³/mol. The monoisotopic (exact) mass is 522 g/mol. The van der Waals surface area contributed by atoms with Gasteiger partial charge < -0.3 is 24.3 Å². The molecule has 2 saturated heterocycles. The highest BCUT2D eigenvalue weighted by atomic mass is 32.2. The number of hydrogen-bond donors (Lipinski definition) is 1. The summed E-state index contributed by atoms with van der Waals surface area (Å²) in [5.74, 6) is -0.729. The van der Waals surface area contributed by atoms with Crippen LogP contribution in [0.15, 0.2) is 35.6 Å². The molecule has 2 aliphatic rings. The molecule has 0 aliphatic carbocycles. The van der Waals surface area contributed by atoms with Gasteiger partial charge in [-0.3, -0.25) is 0 Å². The van der Waals surface area contributed by atoms with Gasteiger partial charge in [-0.2, -0.15) is 0 Å². The van der Waals surface area contributed by atoms with Crippen LogP contribution >= 0.6 is 0 Å². The van der Waals surface area contributed by atoms with E-state index in [1.54, 1.807) is 9.47 Å². The summed E-state index contributed by atoms with van der Waals surface area (Å²) in [6, 6.07) is 5.12. The van der Waals surface area contributed by atoms with Crippen LogP contribution in [0.3, 0.4) is 0 Å². The summed E-state index contributed by atoms with van der Waals surface area (Å²) < 4.78 is 53.4. The van der Waals surface area contributed by atoms with Crippen LogP contribution in [0.2, 0.25) is 0 Å². The van der Waals surface area contributed by atoms with E-state index in [0.29, 0.717) is 37.6 Å². The van der Waals surface area contributed by atoms with E-state index < -0.39 is 15.7 Å². The van der Waals surface area contributed by atoms with E-state index in [-0.39, 0.29) is 41.7 Å².